The molecule has 1 aliphatic carbocycles. The zero-order chi connectivity index (χ0) is 14.2. The van der Waals surface area contributed by atoms with E-state index in [0.717, 1.165) is 19.3 Å². The van der Waals surface area contributed by atoms with Crippen LogP contribution in [0.1, 0.15) is 43.3 Å². The highest BCUT2D eigenvalue weighted by Gasteiger charge is 2.40. The van der Waals surface area contributed by atoms with Gasteiger partial charge in [-0.25, -0.2) is 8.42 Å². The summed E-state index contributed by atoms with van der Waals surface area (Å²) in [5, 5.41) is 0. The first-order valence-corrected chi connectivity index (χ1v) is 8.57. The highest BCUT2D eigenvalue weighted by atomic mass is 35.5. The van der Waals surface area contributed by atoms with Gasteiger partial charge in [0.05, 0.1) is 5.88 Å². The predicted octanol–water partition coefficient (Wildman–Crippen LogP) is 3.20. The van der Waals surface area contributed by atoms with Crippen LogP contribution in [0, 0.1) is 13.8 Å². The van der Waals surface area contributed by atoms with Crippen molar-refractivity contribution in [2.75, 3.05) is 6.54 Å². The molecule has 1 saturated carbocycles. The van der Waals surface area contributed by atoms with E-state index >= 15 is 0 Å². The lowest BCUT2D eigenvalue weighted by Gasteiger charge is -2.21. The van der Waals surface area contributed by atoms with Crippen molar-refractivity contribution in [2.45, 2.75) is 56.9 Å². The Balaban J connectivity index is 2.48. The summed E-state index contributed by atoms with van der Waals surface area (Å²) < 4.78 is 32.7. The number of halogens is 1. The van der Waals surface area contributed by atoms with Crippen molar-refractivity contribution in [3.63, 3.8) is 0 Å². The van der Waals surface area contributed by atoms with E-state index in [1.807, 2.05) is 6.92 Å². The molecule has 6 heteroatoms. The molecule has 108 valence electrons. The molecule has 0 unspecified atom stereocenters. The van der Waals surface area contributed by atoms with Gasteiger partial charge in [0.2, 0.25) is 10.0 Å². The first kappa shape index (κ1) is 14.9. The second-order valence-corrected chi connectivity index (χ2v) is 7.10. The minimum absolute atomic E-state index is 0.155. The van der Waals surface area contributed by atoms with Crippen molar-refractivity contribution in [3.8, 4) is 0 Å². The summed E-state index contributed by atoms with van der Waals surface area (Å²) in [5.74, 6) is 1.19. The first-order chi connectivity index (χ1) is 8.93. The molecule has 0 aromatic carbocycles. The molecule has 0 spiro atoms. The molecule has 4 nitrogen and oxygen atoms in total. The molecular weight excluding hydrogens is 286 g/mol. The molecule has 0 saturated heterocycles. The molecule has 0 atom stereocenters. The van der Waals surface area contributed by atoms with Crippen LogP contribution >= 0.6 is 11.6 Å². The van der Waals surface area contributed by atoms with Crippen molar-refractivity contribution < 1.29 is 12.8 Å². The molecule has 19 heavy (non-hydrogen) atoms. The van der Waals surface area contributed by atoms with Crippen LogP contribution in [-0.4, -0.2) is 25.3 Å². The maximum atomic E-state index is 12.8. The zero-order valence-electron chi connectivity index (χ0n) is 11.6. The molecule has 1 fully saturated rings. The average Bonchev–Trinajstić information content (AvgIpc) is 3.11. The van der Waals surface area contributed by atoms with E-state index in [4.69, 9.17) is 16.0 Å². The van der Waals surface area contributed by atoms with E-state index in [9.17, 15) is 8.42 Å². The fraction of sp³-hybridized carbons (Fsp3) is 0.692. The average molecular weight is 306 g/mol. The third-order valence-electron chi connectivity index (χ3n) is 3.42. The van der Waals surface area contributed by atoms with Crippen molar-refractivity contribution >= 4 is 21.6 Å². The smallest absolute Gasteiger partial charge is 0.247 e. The summed E-state index contributed by atoms with van der Waals surface area (Å²) in [7, 11) is -3.50. The molecule has 0 radical (unpaired) electrons. The summed E-state index contributed by atoms with van der Waals surface area (Å²) in [6.45, 7) is 5.98. The van der Waals surface area contributed by atoms with Gasteiger partial charge in [-0.15, -0.1) is 11.6 Å². The van der Waals surface area contributed by atoms with Crippen LogP contribution in [0.5, 0.6) is 0 Å². The van der Waals surface area contributed by atoms with Crippen LogP contribution in [0.3, 0.4) is 0 Å². The summed E-state index contributed by atoms with van der Waals surface area (Å²) in [6.07, 6.45) is 2.71. The SMILES string of the molecule is CCCN(C1CC1)S(=O)(=O)c1c(C)oc(C)c1CCl. The van der Waals surface area contributed by atoms with Gasteiger partial charge in [0.25, 0.3) is 0 Å². The highest BCUT2D eigenvalue weighted by molar-refractivity contribution is 7.89. The van der Waals surface area contributed by atoms with Gasteiger partial charge >= 0.3 is 0 Å². The number of sulfonamides is 1. The van der Waals surface area contributed by atoms with Gasteiger partial charge in [0, 0.05) is 18.2 Å². The van der Waals surface area contributed by atoms with E-state index < -0.39 is 10.0 Å². The van der Waals surface area contributed by atoms with Crippen molar-refractivity contribution in [1.29, 1.82) is 0 Å². The van der Waals surface area contributed by atoms with Gasteiger partial charge in [-0.05, 0) is 33.1 Å². The Hall–Kier alpha value is -0.520. The highest BCUT2D eigenvalue weighted by Crippen LogP contribution is 2.36. The Labute approximate surface area is 119 Å². The number of aryl methyl sites for hydroxylation is 2. The van der Waals surface area contributed by atoms with Gasteiger partial charge in [0.15, 0.2) is 0 Å². The third kappa shape index (κ3) is 2.69. The normalized spacial score (nSPS) is 16.3. The molecule has 0 amide bonds. The molecule has 1 aromatic heterocycles. The van der Waals surface area contributed by atoms with E-state index in [2.05, 4.69) is 0 Å². The van der Waals surface area contributed by atoms with E-state index in [1.54, 1.807) is 18.2 Å². The molecular formula is C13H20ClNO3S. The number of hydrogen-bond acceptors (Lipinski definition) is 3. The summed E-state index contributed by atoms with van der Waals surface area (Å²) in [5.41, 5.74) is 0.598. The van der Waals surface area contributed by atoms with Gasteiger partial charge in [-0.2, -0.15) is 4.31 Å². The molecule has 0 N–H and O–H groups in total. The first-order valence-electron chi connectivity index (χ1n) is 6.60. The van der Waals surface area contributed by atoms with Gasteiger partial charge in [-0.1, -0.05) is 6.92 Å². The second-order valence-electron chi connectivity index (χ2n) is 5.00. The van der Waals surface area contributed by atoms with Gasteiger partial charge < -0.3 is 4.42 Å². The molecule has 1 heterocycles. The number of alkyl halides is 1. The topological polar surface area (TPSA) is 50.5 Å². The Morgan fingerprint density at radius 1 is 1.32 bits per heavy atom. The lowest BCUT2D eigenvalue weighted by atomic mass is 10.3. The number of hydrogen-bond donors (Lipinski definition) is 0. The number of nitrogens with zero attached hydrogens (tertiary/aromatic N) is 1. The largest absolute Gasteiger partial charge is 0.465 e. The summed E-state index contributed by atoms with van der Waals surface area (Å²) >= 11 is 5.89. The fourth-order valence-electron chi connectivity index (χ4n) is 2.40. The Morgan fingerprint density at radius 2 is 1.95 bits per heavy atom. The molecule has 0 aliphatic heterocycles. The van der Waals surface area contributed by atoms with Crippen molar-refractivity contribution in [3.05, 3.63) is 17.1 Å². The standard InChI is InChI=1S/C13H20ClNO3S/c1-4-7-15(11-5-6-11)19(16,17)13-10(3)18-9(2)12(13)8-14/h11H,4-8H2,1-3H3. The zero-order valence-corrected chi connectivity index (χ0v) is 13.1. The van der Waals surface area contributed by atoms with Crippen LogP contribution in [-0.2, 0) is 15.9 Å². The molecule has 2 rings (SSSR count). The maximum absolute atomic E-state index is 12.8. The van der Waals surface area contributed by atoms with E-state index in [-0.39, 0.29) is 16.8 Å². The Bertz CT molecular complexity index is 561. The van der Waals surface area contributed by atoms with Gasteiger partial charge in [0.1, 0.15) is 16.4 Å². The summed E-state index contributed by atoms with van der Waals surface area (Å²) in [6, 6.07) is 0.155. The Morgan fingerprint density at radius 3 is 2.42 bits per heavy atom. The van der Waals surface area contributed by atoms with Crippen LogP contribution < -0.4 is 0 Å². The van der Waals surface area contributed by atoms with Gasteiger partial charge in [-0.3, -0.25) is 0 Å². The lowest BCUT2D eigenvalue weighted by molar-refractivity contribution is 0.401. The molecule has 0 bridgehead atoms. The lowest BCUT2D eigenvalue weighted by Crippen LogP contribution is -2.34. The minimum Gasteiger partial charge on any atom is -0.465 e. The van der Waals surface area contributed by atoms with E-state index in [1.165, 1.54) is 0 Å². The minimum atomic E-state index is -3.50. The number of rotatable bonds is 6. The molecule has 1 aromatic rings. The Kier molecular flexibility index (Phi) is 4.28. The molecule has 1 aliphatic rings. The van der Waals surface area contributed by atoms with Crippen molar-refractivity contribution in [1.82, 2.24) is 4.31 Å². The fourth-order valence-corrected chi connectivity index (χ4v) is 5.00. The monoisotopic (exact) mass is 305 g/mol. The van der Waals surface area contributed by atoms with Crippen LogP contribution in [0.15, 0.2) is 9.31 Å². The van der Waals surface area contributed by atoms with Crippen LogP contribution in [0.25, 0.3) is 0 Å². The third-order valence-corrected chi connectivity index (χ3v) is 5.84. The predicted molar refractivity (Wildman–Crippen MR) is 74.9 cm³/mol. The van der Waals surface area contributed by atoms with E-state index in [0.29, 0.717) is 23.6 Å². The van der Waals surface area contributed by atoms with Crippen LogP contribution in [0.4, 0.5) is 0 Å². The van der Waals surface area contributed by atoms with Crippen molar-refractivity contribution in [2.24, 2.45) is 0 Å². The number of furan rings is 1. The maximum Gasteiger partial charge on any atom is 0.247 e. The quantitative estimate of drug-likeness (QED) is 0.758. The summed E-state index contributed by atoms with van der Waals surface area (Å²) in [4.78, 5) is 0.278. The van der Waals surface area contributed by atoms with Crippen LogP contribution in [0.2, 0.25) is 0 Å². The second kappa shape index (κ2) is 5.46.